The van der Waals surface area contributed by atoms with Crippen LogP contribution in [0, 0.1) is 47.3 Å². The molecule has 81 heavy (non-hydrogen) atoms. The molecule has 24 heteroatoms. The third-order valence-electron chi connectivity index (χ3n) is 19.6. The van der Waals surface area contributed by atoms with E-state index >= 15 is 0 Å². The molecule has 9 saturated heterocycles. The highest BCUT2D eigenvalue weighted by Crippen LogP contribution is 2.55. The van der Waals surface area contributed by atoms with E-state index in [9.17, 15) is 59.4 Å². The van der Waals surface area contributed by atoms with Gasteiger partial charge in [-0.25, -0.2) is 14.4 Å². The minimum absolute atomic E-state index is 0.0304. The van der Waals surface area contributed by atoms with Crippen LogP contribution in [0.3, 0.4) is 0 Å². The number of carboxylic acid groups (broad SMARTS) is 3. The molecular formula is C57H87N9O12S3. The molecule has 450 valence electrons. The van der Waals surface area contributed by atoms with E-state index in [-0.39, 0.29) is 70.7 Å². The molecule has 9 fully saturated rings. The van der Waals surface area contributed by atoms with Crippen LogP contribution in [-0.4, -0.2) is 246 Å². The summed E-state index contributed by atoms with van der Waals surface area (Å²) in [4.78, 5) is 86.8. The van der Waals surface area contributed by atoms with Crippen molar-refractivity contribution < 1.29 is 59.4 Å². The van der Waals surface area contributed by atoms with E-state index in [1.165, 1.54) is 59.6 Å². The third kappa shape index (κ3) is 11.9. The minimum atomic E-state index is -1.03. The molecular weight excluding hydrogens is 1100 g/mol. The zero-order valence-corrected chi connectivity index (χ0v) is 50.2. The highest BCUT2D eigenvalue weighted by Gasteiger charge is 2.63. The van der Waals surface area contributed by atoms with E-state index < -0.39 is 54.0 Å². The number of carbonyl (C=O) groups excluding carboxylic acids is 3. The number of carboxylic acids is 3. The summed E-state index contributed by atoms with van der Waals surface area (Å²) >= 11 is 4.91. The van der Waals surface area contributed by atoms with Gasteiger partial charge in [0.2, 0.25) is 17.7 Å². The normalized spacial score (nSPS) is 34.3. The Kier molecular flexibility index (Phi) is 19.0. The number of aliphatic hydroxyl groups excluding tert-OH is 3. The average Bonchev–Trinajstić information content (AvgIpc) is 4.15. The lowest BCUT2D eigenvalue weighted by atomic mass is 9.79. The number of aliphatic carboxylic acids is 3. The molecule has 12 heterocycles. The van der Waals surface area contributed by atoms with E-state index in [0.717, 1.165) is 118 Å². The Morgan fingerprint density at radius 3 is 1.27 bits per heavy atom. The van der Waals surface area contributed by atoms with Crippen molar-refractivity contribution in [3.05, 3.63) is 31.8 Å². The lowest BCUT2D eigenvalue weighted by Crippen LogP contribution is -2.63. The van der Waals surface area contributed by atoms with Gasteiger partial charge in [-0.15, -0.1) is 35.3 Å². The van der Waals surface area contributed by atoms with Gasteiger partial charge in [-0.2, -0.15) is 0 Å². The van der Waals surface area contributed by atoms with Crippen molar-refractivity contribution in [2.45, 2.75) is 145 Å². The van der Waals surface area contributed by atoms with Crippen LogP contribution in [0.15, 0.2) is 31.8 Å². The molecule has 0 radical (unpaired) electrons. The number of likely N-dealkylation sites (tertiary alicyclic amines) is 3. The SMILES string of the molecule is C[C@@H](O)[C@H]1C(=O)N2C(C(=O)O)=C(SC3CN(C4CCNCC4)C3)[C@H](C)[C@H]12.C[C@@H](O)[C@H]1C(=O)N2C(C(=O)O)=C(SC3CN(CC4CCCNC4)C3)[C@H](C)[C@H]12.C[C@@H](O)[C@H]1C(=O)N2C(C(=O)O)=C(SC3CN(CCC4CCNCC4)C3)[C@H](C)[C@H]12. The standard InChI is InChI=1S/C20H31N3O4S.C19H29N3O4S.C18H27N3O4S/c1-11-16-15(12(2)24)19(25)23(16)17(20(26)27)18(11)28-14-9-22(10-14)8-5-13-3-6-21-7-4-13;1-10-15-14(11(2)23)18(24)22(15)16(19(25)26)17(10)27-13-8-21(9-13)7-12-4-3-5-20-6-12;1-9-14-13(10(2)22)17(23)21(14)15(18(24)25)16(9)26-12-7-20(8-12)11-3-5-19-6-4-11/h11-16,21,24H,3-10H2,1-2H3,(H,26,27);10-15,20,23H,3-9H2,1-2H3,(H,25,26);9-14,19,22H,3-8H2,1-2H3,(H,24,25)/t11-,12-,15-,16-;10-,11-,12?,14-,15-;9-,10-,13-,14-/m111/s1. The first-order valence-electron chi connectivity index (χ1n) is 29.9. The summed E-state index contributed by atoms with van der Waals surface area (Å²) in [5.74, 6) is -3.85. The molecule has 0 aliphatic carbocycles. The molecule has 12 rings (SSSR count). The number of hydrogen-bond acceptors (Lipinski definition) is 18. The van der Waals surface area contributed by atoms with Gasteiger partial charge in [0.1, 0.15) is 17.1 Å². The molecule has 3 amide bonds. The lowest BCUT2D eigenvalue weighted by Gasteiger charge is -2.46. The number of nitrogens with zero attached hydrogens (tertiary/aromatic N) is 6. The molecule has 12 aliphatic heterocycles. The molecule has 21 nitrogen and oxygen atoms in total. The molecule has 0 aromatic rings. The van der Waals surface area contributed by atoms with Crippen LogP contribution in [0.5, 0.6) is 0 Å². The summed E-state index contributed by atoms with van der Waals surface area (Å²) in [5, 5.41) is 70.2. The largest absolute Gasteiger partial charge is 0.477 e. The minimum Gasteiger partial charge on any atom is -0.477 e. The summed E-state index contributed by atoms with van der Waals surface area (Å²) in [7, 11) is 0. The summed E-state index contributed by atoms with van der Waals surface area (Å²) in [6.45, 7) is 25.6. The van der Waals surface area contributed by atoms with Gasteiger partial charge < -0.3 is 71.1 Å². The van der Waals surface area contributed by atoms with E-state index in [1.54, 1.807) is 56.1 Å². The first kappa shape index (κ1) is 60.8. The Bertz CT molecular complexity index is 2500. The Hall–Kier alpha value is -3.27. The second-order valence-electron chi connectivity index (χ2n) is 25.1. The highest BCUT2D eigenvalue weighted by molar-refractivity contribution is 8.04. The van der Waals surface area contributed by atoms with Gasteiger partial charge >= 0.3 is 17.9 Å². The predicted molar refractivity (Wildman–Crippen MR) is 309 cm³/mol. The molecule has 0 aromatic carbocycles. The van der Waals surface area contributed by atoms with Crippen molar-refractivity contribution in [2.75, 3.05) is 91.6 Å². The molecule has 0 bridgehead atoms. The monoisotopic (exact) mass is 1190 g/mol. The Balaban J connectivity index is 0.000000136. The van der Waals surface area contributed by atoms with Gasteiger partial charge in [-0.3, -0.25) is 19.3 Å². The molecule has 0 spiro atoms. The average molecular weight is 1190 g/mol. The van der Waals surface area contributed by atoms with Gasteiger partial charge in [0.25, 0.3) is 0 Å². The molecule has 1 unspecified atom stereocenters. The second-order valence-corrected chi connectivity index (χ2v) is 29.2. The van der Waals surface area contributed by atoms with Gasteiger partial charge in [0, 0.05) is 100 Å². The van der Waals surface area contributed by atoms with Crippen molar-refractivity contribution in [1.29, 1.82) is 0 Å². The number of aliphatic hydroxyl groups is 3. The number of piperidine rings is 3. The molecule has 12 aliphatic rings. The number of thioether (sulfide) groups is 3. The Morgan fingerprint density at radius 1 is 0.519 bits per heavy atom. The highest BCUT2D eigenvalue weighted by atomic mass is 32.2. The maximum absolute atomic E-state index is 12.4. The van der Waals surface area contributed by atoms with Crippen LogP contribution in [0.2, 0.25) is 0 Å². The van der Waals surface area contributed by atoms with Crippen molar-refractivity contribution in [3.8, 4) is 0 Å². The first-order valence-corrected chi connectivity index (χ1v) is 32.6. The van der Waals surface area contributed by atoms with E-state index in [0.29, 0.717) is 21.8 Å². The summed E-state index contributed by atoms with van der Waals surface area (Å²) in [6, 6.07) is 0.00707. The maximum Gasteiger partial charge on any atom is 0.353 e. The van der Waals surface area contributed by atoms with Crippen LogP contribution < -0.4 is 16.0 Å². The van der Waals surface area contributed by atoms with Crippen LogP contribution in [-0.2, 0) is 28.8 Å². The van der Waals surface area contributed by atoms with Crippen molar-refractivity contribution in [2.24, 2.45) is 47.3 Å². The van der Waals surface area contributed by atoms with Gasteiger partial charge in [-0.05, 0) is 123 Å². The van der Waals surface area contributed by atoms with Gasteiger partial charge in [-0.1, -0.05) is 20.8 Å². The Morgan fingerprint density at radius 2 is 0.901 bits per heavy atom. The van der Waals surface area contributed by atoms with Crippen LogP contribution in [0.1, 0.15) is 86.5 Å². The first-order chi connectivity index (χ1) is 38.7. The summed E-state index contributed by atoms with van der Waals surface area (Å²) < 4.78 is 0. The molecule has 13 atom stereocenters. The van der Waals surface area contributed by atoms with Gasteiger partial charge in [0.05, 0.1) is 54.2 Å². The van der Waals surface area contributed by atoms with Gasteiger partial charge in [0.15, 0.2) is 0 Å². The summed E-state index contributed by atoms with van der Waals surface area (Å²) in [6.07, 6.45) is 6.44. The number of nitrogens with one attached hydrogen (secondary N) is 3. The fourth-order valence-electron chi connectivity index (χ4n) is 15.1. The van der Waals surface area contributed by atoms with Crippen molar-refractivity contribution >= 4 is 70.9 Å². The smallest absolute Gasteiger partial charge is 0.353 e. The molecule has 0 saturated carbocycles. The second kappa shape index (κ2) is 25.4. The quantitative estimate of drug-likeness (QED) is 0.0886. The number of hydrogen-bond donors (Lipinski definition) is 9. The molecule has 9 N–H and O–H groups in total. The number of rotatable bonds is 18. The van der Waals surface area contributed by atoms with Crippen molar-refractivity contribution in [1.82, 2.24) is 45.3 Å². The van der Waals surface area contributed by atoms with E-state index in [2.05, 4.69) is 30.7 Å². The number of carbonyl (C=O) groups is 6. The maximum atomic E-state index is 12.4. The fraction of sp³-hybridized carbons (Fsp3) is 0.789. The topological polar surface area (TPSA) is 279 Å². The number of fused-ring (bicyclic) bond motifs is 3. The zero-order valence-electron chi connectivity index (χ0n) is 47.8. The van der Waals surface area contributed by atoms with Crippen LogP contribution in [0.25, 0.3) is 0 Å². The lowest BCUT2D eigenvalue weighted by molar-refractivity contribution is -0.163. The van der Waals surface area contributed by atoms with Crippen LogP contribution in [0.4, 0.5) is 0 Å². The zero-order chi connectivity index (χ0) is 57.9. The summed E-state index contributed by atoms with van der Waals surface area (Å²) in [5.41, 5.74) is 0.446. The third-order valence-corrected chi connectivity index (χ3v) is 23.9. The van der Waals surface area contributed by atoms with E-state index in [1.807, 2.05) is 20.8 Å². The molecule has 0 aromatic heterocycles. The Labute approximate surface area is 488 Å². The fourth-order valence-corrected chi connectivity index (χ4v) is 19.8. The van der Waals surface area contributed by atoms with E-state index in [4.69, 9.17) is 0 Å². The number of β-lactam (4-membered cyclic amide) rings is 3. The predicted octanol–water partition coefficient (Wildman–Crippen LogP) is 1.81. The van der Waals surface area contributed by atoms with Crippen LogP contribution >= 0.6 is 35.3 Å². The number of amides is 3. The van der Waals surface area contributed by atoms with Crippen molar-refractivity contribution in [3.63, 3.8) is 0 Å².